The number of carbonyl (C=O) groups excluding carboxylic acids is 1. The number of pyridine rings is 2. The largest absolute Gasteiger partial charge is 0.348 e. The third-order valence-corrected chi connectivity index (χ3v) is 8.07. The van der Waals surface area contributed by atoms with Crippen LogP contribution in [0.1, 0.15) is 48.0 Å². The molecule has 4 aromatic heterocycles. The topological polar surface area (TPSA) is 120 Å². The average molecular weight is 597 g/mol. The van der Waals surface area contributed by atoms with Gasteiger partial charge in [0.15, 0.2) is 5.65 Å². The maximum absolute atomic E-state index is 14.3. The van der Waals surface area contributed by atoms with Crippen molar-refractivity contribution in [1.29, 1.82) is 0 Å². The first-order valence-electron chi connectivity index (χ1n) is 14.2. The van der Waals surface area contributed by atoms with Gasteiger partial charge in [0.2, 0.25) is 0 Å². The Morgan fingerprint density at radius 2 is 1.84 bits per heavy atom. The minimum Gasteiger partial charge on any atom is -0.348 e. The third kappa shape index (κ3) is 4.95. The maximum Gasteiger partial charge on any atom is 0.337 e. The van der Waals surface area contributed by atoms with Crippen LogP contribution in [0.15, 0.2) is 82.9 Å². The normalized spacial score (nSPS) is 17.9. The van der Waals surface area contributed by atoms with Crippen molar-refractivity contribution < 1.29 is 13.7 Å². The zero-order valence-electron chi connectivity index (χ0n) is 23.3. The molecule has 1 aliphatic heterocycles. The van der Waals surface area contributed by atoms with E-state index in [0.29, 0.717) is 48.0 Å². The molecule has 44 heavy (non-hydrogen) atoms. The molecule has 0 atom stereocenters. The van der Waals surface area contributed by atoms with Crippen molar-refractivity contribution in [1.82, 2.24) is 39.1 Å². The van der Waals surface area contributed by atoms with E-state index in [4.69, 9.17) is 0 Å². The SMILES string of the molecule is O=C(NC1CCC(n2c(=O)c3cc(F)cnc3n(-c3cccc(-c4ccccn4)c3)c2=O)CC1)c1cn2c(n1)C=CN(F)C2. The van der Waals surface area contributed by atoms with Crippen LogP contribution in [0, 0.1) is 5.82 Å². The van der Waals surface area contributed by atoms with Crippen LogP contribution in [0.5, 0.6) is 0 Å². The predicted molar refractivity (Wildman–Crippen MR) is 158 cm³/mol. The Bertz CT molecular complexity index is 2050. The van der Waals surface area contributed by atoms with Crippen molar-refractivity contribution in [2.75, 3.05) is 0 Å². The Hall–Kier alpha value is -5.46. The molecule has 0 bridgehead atoms. The number of hydrogen-bond acceptors (Lipinski definition) is 7. The van der Waals surface area contributed by atoms with E-state index in [1.165, 1.54) is 32.2 Å². The lowest BCUT2D eigenvalue weighted by Crippen LogP contribution is -2.45. The summed E-state index contributed by atoms with van der Waals surface area (Å²) in [7, 11) is 0. The quantitative estimate of drug-likeness (QED) is 0.305. The summed E-state index contributed by atoms with van der Waals surface area (Å²) in [6.45, 7) is -0.0535. The fourth-order valence-corrected chi connectivity index (χ4v) is 5.94. The van der Waals surface area contributed by atoms with Crippen LogP contribution < -0.4 is 16.6 Å². The number of benzene rings is 1. The Kier molecular flexibility index (Phi) is 6.84. The van der Waals surface area contributed by atoms with Gasteiger partial charge in [0, 0.05) is 36.2 Å². The fraction of sp³-hybridized carbons (Fsp3) is 0.226. The van der Waals surface area contributed by atoms with Crippen LogP contribution in [0.25, 0.3) is 34.1 Å². The predicted octanol–water partition coefficient (Wildman–Crippen LogP) is 3.99. The number of rotatable bonds is 5. The van der Waals surface area contributed by atoms with E-state index in [1.54, 1.807) is 24.4 Å². The Morgan fingerprint density at radius 1 is 1.00 bits per heavy atom. The van der Waals surface area contributed by atoms with Crippen LogP contribution in [0.4, 0.5) is 8.87 Å². The van der Waals surface area contributed by atoms with Crippen molar-refractivity contribution in [3.8, 4) is 16.9 Å². The molecule has 222 valence electrons. The molecule has 1 aliphatic carbocycles. The maximum atomic E-state index is 14.3. The number of amides is 1. The van der Waals surface area contributed by atoms with Gasteiger partial charge in [-0.05, 0) is 62.1 Å². The standard InChI is InChI=1S/C31H26F2N8O3/c32-20-15-24-28(35-16-20)40(23-5-3-4-19(14-23)25-6-1-2-12-34-25)31(44)41(30(24)43)22-9-7-21(8-10-22)36-29(42)26-17-38-18-39(33)13-11-27(38)37-26/h1-6,11-17,21-22H,7-10,18H2,(H,36,42). The summed E-state index contributed by atoms with van der Waals surface area (Å²) in [6.07, 6.45) is 8.75. The van der Waals surface area contributed by atoms with Crippen molar-refractivity contribution in [3.63, 3.8) is 0 Å². The summed E-state index contributed by atoms with van der Waals surface area (Å²) < 4.78 is 31.9. The zero-order chi connectivity index (χ0) is 30.4. The minimum atomic E-state index is -0.685. The second kappa shape index (κ2) is 11.0. The molecule has 2 aliphatic rings. The lowest BCUT2D eigenvalue weighted by Gasteiger charge is -2.30. The highest BCUT2D eigenvalue weighted by Gasteiger charge is 2.29. The monoisotopic (exact) mass is 596 g/mol. The molecule has 0 radical (unpaired) electrons. The van der Waals surface area contributed by atoms with Crippen molar-refractivity contribution in [3.05, 3.63) is 111 Å². The molecule has 1 amide bonds. The van der Waals surface area contributed by atoms with Crippen molar-refractivity contribution >= 4 is 23.0 Å². The molecular weight excluding hydrogens is 570 g/mol. The molecule has 7 rings (SSSR count). The number of hydrogen-bond donors (Lipinski definition) is 1. The summed E-state index contributed by atoms with van der Waals surface area (Å²) in [5.74, 6) is -0.583. The smallest absolute Gasteiger partial charge is 0.337 e. The van der Waals surface area contributed by atoms with E-state index in [9.17, 15) is 23.3 Å². The van der Waals surface area contributed by atoms with Crippen LogP contribution in [-0.4, -0.2) is 45.7 Å². The molecule has 1 aromatic carbocycles. The van der Waals surface area contributed by atoms with Crippen LogP contribution in [-0.2, 0) is 6.67 Å². The first-order valence-corrected chi connectivity index (χ1v) is 14.2. The molecule has 1 N–H and O–H groups in total. The number of fused-ring (bicyclic) bond motifs is 2. The van der Waals surface area contributed by atoms with Gasteiger partial charge >= 0.3 is 5.69 Å². The highest BCUT2D eigenvalue weighted by molar-refractivity contribution is 5.92. The van der Waals surface area contributed by atoms with Gasteiger partial charge in [0.05, 0.1) is 23.0 Å². The van der Waals surface area contributed by atoms with E-state index in [-0.39, 0.29) is 35.3 Å². The van der Waals surface area contributed by atoms with Gasteiger partial charge in [-0.25, -0.2) is 23.7 Å². The Labute approximate surface area is 248 Å². The molecule has 1 fully saturated rings. The third-order valence-electron chi connectivity index (χ3n) is 8.07. The number of nitrogens with one attached hydrogen (secondary N) is 1. The molecule has 5 aromatic rings. The molecular formula is C31H26F2N8O3. The van der Waals surface area contributed by atoms with Gasteiger partial charge in [-0.15, -0.1) is 0 Å². The summed E-state index contributed by atoms with van der Waals surface area (Å²) in [6, 6.07) is 13.1. The second-order valence-electron chi connectivity index (χ2n) is 10.9. The van der Waals surface area contributed by atoms with Crippen LogP contribution in [0.2, 0.25) is 0 Å². The molecule has 0 spiro atoms. The summed E-state index contributed by atoms with van der Waals surface area (Å²) in [4.78, 5) is 53.4. The van der Waals surface area contributed by atoms with Crippen molar-refractivity contribution in [2.24, 2.45) is 0 Å². The molecule has 1 saturated carbocycles. The Morgan fingerprint density at radius 3 is 2.64 bits per heavy atom. The fourth-order valence-electron chi connectivity index (χ4n) is 5.94. The first-order chi connectivity index (χ1) is 21.4. The number of aromatic nitrogens is 6. The summed E-state index contributed by atoms with van der Waals surface area (Å²) in [5, 5.41) is 3.45. The summed E-state index contributed by atoms with van der Waals surface area (Å²) >= 11 is 0. The first kappa shape index (κ1) is 27.4. The van der Waals surface area contributed by atoms with Gasteiger partial charge < -0.3 is 9.88 Å². The molecule has 13 heteroatoms. The van der Waals surface area contributed by atoms with Gasteiger partial charge in [0.1, 0.15) is 24.0 Å². The number of halogens is 2. The van der Waals surface area contributed by atoms with E-state index < -0.39 is 23.1 Å². The minimum absolute atomic E-state index is 0.00657. The Balaban J connectivity index is 1.18. The van der Waals surface area contributed by atoms with Crippen LogP contribution >= 0.6 is 0 Å². The van der Waals surface area contributed by atoms with E-state index >= 15 is 0 Å². The number of imidazole rings is 1. The van der Waals surface area contributed by atoms with E-state index in [1.807, 2.05) is 24.3 Å². The van der Waals surface area contributed by atoms with Gasteiger partial charge in [0.25, 0.3) is 11.5 Å². The highest BCUT2D eigenvalue weighted by atomic mass is 19.2. The second-order valence-corrected chi connectivity index (χ2v) is 10.9. The van der Waals surface area contributed by atoms with E-state index in [2.05, 4.69) is 20.3 Å². The molecule has 0 unspecified atom stereocenters. The lowest BCUT2D eigenvalue weighted by atomic mass is 9.90. The number of nitrogens with zero attached hydrogens (tertiary/aromatic N) is 7. The van der Waals surface area contributed by atoms with Crippen LogP contribution in [0.3, 0.4) is 0 Å². The molecule has 0 saturated heterocycles. The summed E-state index contributed by atoms with van der Waals surface area (Å²) in [5.41, 5.74) is 0.978. The average Bonchev–Trinajstić information content (AvgIpc) is 3.46. The van der Waals surface area contributed by atoms with Gasteiger partial charge in [-0.3, -0.25) is 19.1 Å². The van der Waals surface area contributed by atoms with Crippen molar-refractivity contribution in [2.45, 2.75) is 44.4 Å². The van der Waals surface area contributed by atoms with Gasteiger partial charge in [-0.2, -0.15) is 5.12 Å². The zero-order valence-corrected chi connectivity index (χ0v) is 23.3. The lowest BCUT2D eigenvalue weighted by molar-refractivity contribution is 0.0492. The highest BCUT2D eigenvalue weighted by Crippen LogP contribution is 2.28. The molecule has 5 heterocycles. The number of carbonyl (C=O) groups is 1. The van der Waals surface area contributed by atoms with Gasteiger partial charge in [-0.1, -0.05) is 22.7 Å². The van der Waals surface area contributed by atoms with E-state index in [0.717, 1.165) is 17.8 Å². The molecule has 11 nitrogen and oxygen atoms in total.